The number of fused-ring (bicyclic) bond motifs is 1. The second-order valence-corrected chi connectivity index (χ2v) is 5.37. The van der Waals surface area contributed by atoms with Gasteiger partial charge < -0.3 is 10.1 Å². The van der Waals surface area contributed by atoms with E-state index in [9.17, 15) is 0 Å². The van der Waals surface area contributed by atoms with Gasteiger partial charge in [0.25, 0.3) is 0 Å². The van der Waals surface area contributed by atoms with Gasteiger partial charge >= 0.3 is 0 Å². The van der Waals surface area contributed by atoms with Crippen LogP contribution in [0.3, 0.4) is 0 Å². The summed E-state index contributed by atoms with van der Waals surface area (Å²) in [6, 6.07) is 15.4. The number of benzene rings is 2. The minimum Gasteiger partial charge on any atom is -0.383 e. The van der Waals surface area contributed by atoms with Crippen molar-refractivity contribution < 1.29 is 4.74 Å². The summed E-state index contributed by atoms with van der Waals surface area (Å²) >= 11 is 0. The van der Waals surface area contributed by atoms with Crippen LogP contribution in [0.25, 0.3) is 10.8 Å². The van der Waals surface area contributed by atoms with Gasteiger partial charge in [0.05, 0.1) is 6.61 Å². The van der Waals surface area contributed by atoms with E-state index in [-0.39, 0.29) is 0 Å². The van der Waals surface area contributed by atoms with Gasteiger partial charge in [-0.05, 0) is 41.1 Å². The van der Waals surface area contributed by atoms with Crippen LogP contribution in [0.2, 0.25) is 0 Å². The largest absolute Gasteiger partial charge is 0.383 e. The lowest BCUT2D eigenvalue weighted by atomic mass is 10.0. The van der Waals surface area contributed by atoms with Crippen molar-refractivity contribution in [1.82, 2.24) is 5.32 Å². The number of hydrogen-bond acceptors (Lipinski definition) is 2. The number of hydrogen-bond donors (Lipinski definition) is 1. The maximum absolute atomic E-state index is 5.05. The topological polar surface area (TPSA) is 21.3 Å². The molecule has 0 aromatic heterocycles. The standard InChI is InChI=1S/C17H21NO/c1-19-10-9-18-12-14-11-17(14)16-8-4-6-13-5-2-3-7-15(13)16/h2-8,14,17-18H,9-12H2,1H3. The molecule has 0 amide bonds. The van der Waals surface area contributed by atoms with Crippen LogP contribution in [0.4, 0.5) is 0 Å². The second-order valence-electron chi connectivity index (χ2n) is 5.37. The molecule has 2 unspecified atom stereocenters. The zero-order valence-electron chi connectivity index (χ0n) is 11.4. The first-order valence-electron chi connectivity index (χ1n) is 7.07. The number of nitrogens with one attached hydrogen (secondary N) is 1. The van der Waals surface area contributed by atoms with Crippen molar-refractivity contribution in [2.45, 2.75) is 12.3 Å². The third-order valence-corrected chi connectivity index (χ3v) is 4.03. The molecule has 2 aromatic rings. The van der Waals surface area contributed by atoms with Gasteiger partial charge in [-0.1, -0.05) is 42.5 Å². The molecule has 0 saturated heterocycles. The molecular formula is C17H21NO. The van der Waals surface area contributed by atoms with E-state index >= 15 is 0 Å². The van der Waals surface area contributed by atoms with Crippen LogP contribution in [0.15, 0.2) is 42.5 Å². The lowest BCUT2D eigenvalue weighted by Gasteiger charge is -2.07. The Labute approximate surface area is 114 Å². The van der Waals surface area contributed by atoms with Crippen molar-refractivity contribution in [3.63, 3.8) is 0 Å². The van der Waals surface area contributed by atoms with E-state index in [0.717, 1.165) is 31.5 Å². The fourth-order valence-electron chi connectivity index (χ4n) is 2.89. The van der Waals surface area contributed by atoms with E-state index in [1.54, 1.807) is 7.11 Å². The summed E-state index contributed by atoms with van der Waals surface area (Å²) in [6.45, 7) is 2.86. The first-order valence-corrected chi connectivity index (χ1v) is 7.07. The van der Waals surface area contributed by atoms with Gasteiger partial charge in [-0.15, -0.1) is 0 Å². The minimum absolute atomic E-state index is 0.737. The zero-order valence-corrected chi connectivity index (χ0v) is 11.4. The predicted molar refractivity (Wildman–Crippen MR) is 79.5 cm³/mol. The third-order valence-electron chi connectivity index (χ3n) is 4.03. The van der Waals surface area contributed by atoms with E-state index < -0.39 is 0 Å². The summed E-state index contributed by atoms with van der Waals surface area (Å²) in [6.07, 6.45) is 1.31. The van der Waals surface area contributed by atoms with Gasteiger partial charge in [0.2, 0.25) is 0 Å². The molecule has 2 aromatic carbocycles. The Morgan fingerprint density at radius 1 is 1.16 bits per heavy atom. The van der Waals surface area contributed by atoms with Gasteiger partial charge in [-0.2, -0.15) is 0 Å². The molecule has 0 radical (unpaired) electrons. The molecule has 1 aliphatic carbocycles. The molecule has 2 atom stereocenters. The van der Waals surface area contributed by atoms with Crippen molar-refractivity contribution in [3.8, 4) is 0 Å². The van der Waals surface area contributed by atoms with E-state index in [0.29, 0.717) is 0 Å². The van der Waals surface area contributed by atoms with Crippen LogP contribution in [-0.4, -0.2) is 26.8 Å². The SMILES string of the molecule is COCCNCC1CC1c1cccc2ccccc12. The Hall–Kier alpha value is -1.38. The Bertz CT molecular complexity index is 546. The minimum atomic E-state index is 0.737. The predicted octanol–water partition coefficient (Wildman–Crippen LogP) is 3.18. The third kappa shape index (κ3) is 2.80. The van der Waals surface area contributed by atoms with Crippen LogP contribution >= 0.6 is 0 Å². The Kier molecular flexibility index (Phi) is 3.81. The monoisotopic (exact) mass is 255 g/mol. The Morgan fingerprint density at radius 2 is 2.00 bits per heavy atom. The average molecular weight is 255 g/mol. The van der Waals surface area contributed by atoms with Crippen molar-refractivity contribution in [1.29, 1.82) is 0 Å². The van der Waals surface area contributed by atoms with E-state index in [4.69, 9.17) is 4.74 Å². The van der Waals surface area contributed by atoms with E-state index in [2.05, 4.69) is 47.8 Å². The lowest BCUT2D eigenvalue weighted by molar-refractivity contribution is 0.199. The normalized spacial score (nSPS) is 21.7. The number of ether oxygens (including phenoxy) is 1. The van der Waals surface area contributed by atoms with Crippen LogP contribution in [0.5, 0.6) is 0 Å². The number of methoxy groups -OCH3 is 1. The van der Waals surface area contributed by atoms with Crippen LogP contribution in [0, 0.1) is 5.92 Å². The summed E-state index contributed by atoms with van der Waals surface area (Å²) in [4.78, 5) is 0. The molecular weight excluding hydrogens is 234 g/mol. The molecule has 1 fully saturated rings. The highest BCUT2D eigenvalue weighted by Crippen LogP contribution is 2.48. The first-order chi connectivity index (χ1) is 9.40. The summed E-state index contributed by atoms with van der Waals surface area (Å²) in [5.41, 5.74) is 1.52. The van der Waals surface area contributed by atoms with Gasteiger partial charge in [0.1, 0.15) is 0 Å². The molecule has 3 rings (SSSR count). The van der Waals surface area contributed by atoms with Gasteiger partial charge in [0.15, 0.2) is 0 Å². The molecule has 1 N–H and O–H groups in total. The van der Waals surface area contributed by atoms with Crippen molar-refractivity contribution >= 4 is 10.8 Å². The molecule has 0 heterocycles. The number of rotatable bonds is 6. The van der Waals surface area contributed by atoms with Crippen molar-refractivity contribution in [2.24, 2.45) is 5.92 Å². The Balaban J connectivity index is 1.66. The molecule has 100 valence electrons. The van der Waals surface area contributed by atoms with E-state index in [1.165, 1.54) is 22.8 Å². The molecule has 19 heavy (non-hydrogen) atoms. The van der Waals surface area contributed by atoms with Crippen LogP contribution in [-0.2, 0) is 4.74 Å². The molecule has 0 bridgehead atoms. The maximum atomic E-state index is 5.05. The average Bonchev–Trinajstić information content (AvgIpc) is 3.22. The zero-order chi connectivity index (χ0) is 13.1. The fourth-order valence-corrected chi connectivity index (χ4v) is 2.89. The van der Waals surface area contributed by atoms with E-state index in [1.807, 2.05) is 0 Å². The molecule has 1 saturated carbocycles. The quantitative estimate of drug-likeness (QED) is 0.800. The van der Waals surface area contributed by atoms with Gasteiger partial charge in [-0.3, -0.25) is 0 Å². The van der Waals surface area contributed by atoms with Crippen molar-refractivity contribution in [2.75, 3.05) is 26.8 Å². The summed E-state index contributed by atoms with van der Waals surface area (Å²) in [5.74, 6) is 1.53. The van der Waals surface area contributed by atoms with Gasteiger partial charge in [-0.25, -0.2) is 0 Å². The second kappa shape index (κ2) is 5.72. The molecule has 0 spiro atoms. The molecule has 2 heteroatoms. The summed E-state index contributed by atoms with van der Waals surface area (Å²) in [5, 5.41) is 6.26. The summed E-state index contributed by atoms with van der Waals surface area (Å²) < 4.78 is 5.05. The van der Waals surface area contributed by atoms with Crippen LogP contribution < -0.4 is 5.32 Å². The Morgan fingerprint density at radius 3 is 2.89 bits per heavy atom. The molecule has 1 aliphatic rings. The highest BCUT2D eigenvalue weighted by Gasteiger charge is 2.38. The first kappa shape index (κ1) is 12.6. The molecule has 2 nitrogen and oxygen atoms in total. The highest BCUT2D eigenvalue weighted by molar-refractivity contribution is 5.86. The summed E-state index contributed by atoms with van der Waals surface area (Å²) in [7, 11) is 1.75. The fraction of sp³-hybridized carbons (Fsp3) is 0.412. The maximum Gasteiger partial charge on any atom is 0.0587 e. The highest BCUT2D eigenvalue weighted by atomic mass is 16.5. The lowest BCUT2D eigenvalue weighted by Crippen LogP contribution is -2.21. The van der Waals surface area contributed by atoms with Crippen molar-refractivity contribution in [3.05, 3.63) is 48.0 Å². The molecule has 0 aliphatic heterocycles. The van der Waals surface area contributed by atoms with Gasteiger partial charge in [0, 0.05) is 13.7 Å². The van der Waals surface area contributed by atoms with Crippen LogP contribution in [0.1, 0.15) is 17.9 Å². The smallest absolute Gasteiger partial charge is 0.0587 e.